The summed E-state index contributed by atoms with van der Waals surface area (Å²) in [6, 6.07) is 8.50. The predicted octanol–water partition coefficient (Wildman–Crippen LogP) is 2.03. The summed E-state index contributed by atoms with van der Waals surface area (Å²) in [5.41, 5.74) is 1.85. The van der Waals surface area contributed by atoms with E-state index in [1.54, 1.807) is 11.8 Å². The molecule has 176 valence electrons. The van der Waals surface area contributed by atoms with Crippen molar-refractivity contribution in [3.8, 4) is 0 Å². The number of aliphatic hydroxyl groups is 1. The number of β-amino-alcohol motifs (C(OH)–C–C–N with tert-alkyl or cyclic N) is 1. The lowest BCUT2D eigenvalue weighted by Crippen LogP contribution is -2.50. The number of benzene rings is 1. The van der Waals surface area contributed by atoms with Crippen molar-refractivity contribution in [1.29, 1.82) is 0 Å². The van der Waals surface area contributed by atoms with Crippen molar-refractivity contribution >= 4 is 17.7 Å². The number of ether oxygens (including phenoxy) is 1. The lowest BCUT2D eigenvalue weighted by atomic mass is 9.98. The van der Waals surface area contributed by atoms with Crippen LogP contribution in [0.2, 0.25) is 0 Å². The Morgan fingerprint density at radius 3 is 2.22 bits per heavy atom. The molecule has 0 aromatic heterocycles. The zero-order chi connectivity index (χ0) is 22.5. The first kappa shape index (κ1) is 22.9. The minimum absolute atomic E-state index is 0.0161. The highest BCUT2D eigenvalue weighted by molar-refractivity contribution is 5.94. The standard InChI is InChI=1S/C24H36N4O4/c1-2-32-24(31)27-16-14-26(15-17-27)23(30)19-5-7-20(8-6-19)25-12-9-21(10-13-25)28-11-3-4-22(29)18-28/h5-8,21-22,29H,2-4,9-18H2,1H3/t22-/m0/s1. The second-order valence-electron chi connectivity index (χ2n) is 9.03. The molecule has 0 bridgehead atoms. The molecule has 4 rings (SSSR count). The molecule has 8 heteroatoms. The van der Waals surface area contributed by atoms with E-state index in [0.29, 0.717) is 44.4 Å². The Hall–Kier alpha value is -2.32. The minimum Gasteiger partial charge on any atom is -0.450 e. The Bertz CT molecular complexity index is 771. The largest absolute Gasteiger partial charge is 0.450 e. The first-order valence-electron chi connectivity index (χ1n) is 12.0. The molecule has 8 nitrogen and oxygen atoms in total. The molecule has 3 saturated heterocycles. The SMILES string of the molecule is CCOC(=O)N1CCN(C(=O)c2ccc(N3CCC(N4CCC[C@H](O)C4)CC3)cc2)CC1. The summed E-state index contributed by atoms with van der Waals surface area (Å²) >= 11 is 0. The van der Waals surface area contributed by atoms with Gasteiger partial charge in [-0.25, -0.2) is 4.79 Å². The van der Waals surface area contributed by atoms with Crippen LogP contribution in [0.15, 0.2) is 24.3 Å². The smallest absolute Gasteiger partial charge is 0.409 e. The summed E-state index contributed by atoms with van der Waals surface area (Å²) in [7, 11) is 0. The Labute approximate surface area is 190 Å². The molecule has 3 aliphatic heterocycles. The van der Waals surface area contributed by atoms with Gasteiger partial charge >= 0.3 is 6.09 Å². The third-order valence-corrected chi connectivity index (χ3v) is 6.98. The van der Waals surface area contributed by atoms with Gasteiger partial charge < -0.3 is 24.5 Å². The number of hydrogen-bond donors (Lipinski definition) is 1. The monoisotopic (exact) mass is 444 g/mol. The molecule has 0 aliphatic carbocycles. The first-order chi connectivity index (χ1) is 15.5. The highest BCUT2D eigenvalue weighted by atomic mass is 16.6. The Balaban J connectivity index is 1.26. The molecule has 1 N–H and O–H groups in total. The second kappa shape index (κ2) is 10.5. The molecular weight excluding hydrogens is 408 g/mol. The average Bonchev–Trinajstić information content (AvgIpc) is 2.84. The quantitative estimate of drug-likeness (QED) is 0.766. The number of carbonyl (C=O) groups excluding carboxylic acids is 2. The minimum atomic E-state index is -0.302. The summed E-state index contributed by atoms with van der Waals surface area (Å²) in [6.07, 6.45) is 3.77. The van der Waals surface area contributed by atoms with Crippen LogP contribution >= 0.6 is 0 Å². The van der Waals surface area contributed by atoms with Crippen LogP contribution in [0.1, 0.15) is 43.0 Å². The average molecular weight is 445 g/mol. The number of likely N-dealkylation sites (tertiary alicyclic amines) is 1. The lowest BCUT2D eigenvalue weighted by molar-refractivity contribution is 0.0398. The van der Waals surface area contributed by atoms with E-state index in [0.717, 1.165) is 57.5 Å². The van der Waals surface area contributed by atoms with Crippen LogP contribution in [0.25, 0.3) is 0 Å². The molecule has 2 amide bonds. The number of piperidine rings is 2. The molecule has 1 aromatic rings. The fourth-order valence-corrected chi connectivity index (χ4v) is 5.11. The fraction of sp³-hybridized carbons (Fsp3) is 0.667. The van der Waals surface area contributed by atoms with E-state index in [1.165, 1.54) is 0 Å². The number of hydrogen-bond acceptors (Lipinski definition) is 6. The summed E-state index contributed by atoms with van der Waals surface area (Å²) in [6.45, 7) is 8.14. The zero-order valence-electron chi connectivity index (χ0n) is 19.1. The maximum atomic E-state index is 12.9. The van der Waals surface area contributed by atoms with Crippen molar-refractivity contribution in [3.63, 3.8) is 0 Å². The number of piperazine rings is 1. The van der Waals surface area contributed by atoms with Gasteiger partial charge in [0.15, 0.2) is 0 Å². The van der Waals surface area contributed by atoms with E-state index in [1.807, 2.05) is 29.2 Å². The van der Waals surface area contributed by atoms with Gasteiger partial charge in [0.25, 0.3) is 5.91 Å². The van der Waals surface area contributed by atoms with Crippen molar-refractivity contribution in [2.75, 3.05) is 63.9 Å². The number of carbonyl (C=O) groups is 2. The molecule has 0 spiro atoms. The number of amides is 2. The fourth-order valence-electron chi connectivity index (χ4n) is 5.11. The highest BCUT2D eigenvalue weighted by Gasteiger charge is 2.29. The van der Waals surface area contributed by atoms with Gasteiger partial charge in [-0.05, 0) is 63.4 Å². The molecule has 3 heterocycles. The van der Waals surface area contributed by atoms with Gasteiger partial charge in [0.1, 0.15) is 0 Å². The molecule has 0 radical (unpaired) electrons. The van der Waals surface area contributed by atoms with Gasteiger partial charge in [0.05, 0.1) is 12.7 Å². The van der Waals surface area contributed by atoms with E-state index >= 15 is 0 Å². The molecule has 0 unspecified atom stereocenters. The van der Waals surface area contributed by atoms with Crippen LogP contribution in [-0.2, 0) is 4.74 Å². The van der Waals surface area contributed by atoms with E-state index in [9.17, 15) is 14.7 Å². The summed E-state index contributed by atoms with van der Waals surface area (Å²) in [5.74, 6) is 0.0161. The molecule has 0 saturated carbocycles. The maximum Gasteiger partial charge on any atom is 0.409 e. The third kappa shape index (κ3) is 5.35. The molecular formula is C24H36N4O4. The number of aliphatic hydroxyl groups excluding tert-OH is 1. The molecule has 3 fully saturated rings. The van der Waals surface area contributed by atoms with Crippen molar-refractivity contribution in [2.24, 2.45) is 0 Å². The van der Waals surface area contributed by atoms with Gasteiger partial charge in [-0.2, -0.15) is 0 Å². The van der Waals surface area contributed by atoms with Crippen LogP contribution in [0, 0.1) is 0 Å². The van der Waals surface area contributed by atoms with Crippen LogP contribution in [0.4, 0.5) is 10.5 Å². The molecule has 32 heavy (non-hydrogen) atoms. The maximum absolute atomic E-state index is 12.9. The van der Waals surface area contributed by atoms with Crippen molar-refractivity contribution in [3.05, 3.63) is 29.8 Å². The number of rotatable bonds is 4. The number of nitrogens with zero attached hydrogens (tertiary/aromatic N) is 4. The first-order valence-corrected chi connectivity index (χ1v) is 12.0. The van der Waals surface area contributed by atoms with Crippen LogP contribution < -0.4 is 4.90 Å². The van der Waals surface area contributed by atoms with Crippen molar-refractivity contribution < 1.29 is 19.4 Å². The summed E-state index contributed by atoms with van der Waals surface area (Å²) < 4.78 is 5.04. The predicted molar refractivity (Wildman–Crippen MR) is 123 cm³/mol. The van der Waals surface area contributed by atoms with Crippen LogP contribution in [0.5, 0.6) is 0 Å². The van der Waals surface area contributed by atoms with E-state index in [2.05, 4.69) is 9.80 Å². The molecule has 1 atom stereocenters. The molecule has 1 aromatic carbocycles. The number of anilines is 1. The van der Waals surface area contributed by atoms with Gasteiger partial charge in [0, 0.05) is 63.1 Å². The lowest BCUT2D eigenvalue weighted by Gasteiger charge is -2.42. The van der Waals surface area contributed by atoms with Crippen LogP contribution in [-0.4, -0.2) is 103 Å². The van der Waals surface area contributed by atoms with Gasteiger partial charge in [-0.1, -0.05) is 0 Å². The van der Waals surface area contributed by atoms with Gasteiger partial charge in [-0.3, -0.25) is 9.69 Å². The summed E-state index contributed by atoms with van der Waals surface area (Å²) in [4.78, 5) is 33.1. The normalized spacial score (nSPS) is 23.3. The summed E-state index contributed by atoms with van der Waals surface area (Å²) in [5, 5.41) is 9.96. The van der Waals surface area contributed by atoms with E-state index in [4.69, 9.17) is 4.74 Å². The molecule has 3 aliphatic rings. The van der Waals surface area contributed by atoms with Crippen molar-refractivity contribution in [2.45, 2.75) is 44.8 Å². The second-order valence-corrected chi connectivity index (χ2v) is 9.03. The Kier molecular flexibility index (Phi) is 7.52. The Morgan fingerprint density at radius 2 is 1.59 bits per heavy atom. The van der Waals surface area contributed by atoms with E-state index in [-0.39, 0.29) is 18.1 Å². The topological polar surface area (TPSA) is 76.6 Å². The van der Waals surface area contributed by atoms with Crippen molar-refractivity contribution in [1.82, 2.24) is 14.7 Å². The zero-order valence-corrected chi connectivity index (χ0v) is 19.1. The highest BCUT2D eigenvalue weighted by Crippen LogP contribution is 2.25. The third-order valence-electron chi connectivity index (χ3n) is 6.98. The Morgan fingerprint density at radius 1 is 0.938 bits per heavy atom. The van der Waals surface area contributed by atoms with Gasteiger partial charge in [0.2, 0.25) is 0 Å². The van der Waals surface area contributed by atoms with Crippen LogP contribution in [0.3, 0.4) is 0 Å². The van der Waals surface area contributed by atoms with Gasteiger partial charge in [-0.15, -0.1) is 0 Å². The van der Waals surface area contributed by atoms with E-state index < -0.39 is 0 Å².